The van der Waals surface area contributed by atoms with Crippen LogP contribution in [-0.4, -0.2) is 25.7 Å². The van der Waals surface area contributed by atoms with E-state index in [1.54, 1.807) is 0 Å². The quantitative estimate of drug-likeness (QED) is 0.464. The summed E-state index contributed by atoms with van der Waals surface area (Å²) in [6, 6.07) is 0.767. The van der Waals surface area contributed by atoms with Gasteiger partial charge in [0.2, 0.25) is 0 Å². The highest BCUT2D eigenvalue weighted by Gasteiger charge is 2.09. The molecule has 1 aliphatic rings. The number of rotatable bonds is 9. The van der Waals surface area contributed by atoms with Crippen molar-refractivity contribution in [2.24, 2.45) is 0 Å². The summed E-state index contributed by atoms with van der Waals surface area (Å²) in [4.78, 5) is 0. The molecule has 0 spiro atoms. The molecule has 128 valence electrons. The van der Waals surface area contributed by atoms with Crippen molar-refractivity contribution in [3.05, 3.63) is 23.3 Å². The number of hydrogen-bond donors (Lipinski definition) is 2. The van der Waals surface area contributed by atoms with E-state index >= 15 is 0 Å². The van der Waals surface area contributed by atoms with E-state index in [9.17, 15) is 0 Å². The highest BCUT2D eigenvalue weighted by atomic mass is 15.0. The Kier molecular flexibility index (Phi) is 11.4. The highest BCUT2D eigenvalue weighted by molar-refractivity contribution is 5.02. The smallest absolute Gasteiger partial charge is 0.0137 e. The summed E-state index contributed by atoms with van der Waals surface area (Å²) >= 11 is 0. The number of allylic oxidation sites excluding steroid dienone is 3. The van der Waals surface area contributed by atoms with Gasteiger partial charge in [-0.3, -0.25) is 0 Å². The Labute approximate surface area is 138 Å². The predicted molar refractivity (Wildman–Crippen MR) is 99.4 cm³/mol. The molecule has 0 unspecified atom stereocenters. The van der Waals surface area contributed by atoms with E-state index in [0.29, 0.717) is 0 Å². The largest absolute Gasteiger partial charge is 0.313 e. The number of hydrogen-bond acceptors (Lipinski definition) is 2. The van der Waals surface area contributed by atoms with E-state index < -0.39 is 0 Å². The molecule has 0 aromatic heterocycles. The fraction of sp³-hybridized carbons (Fsp3) is 0.800. The maximum atomic E-state index is 3.73. The highest BCUT2D eigenvalue weighted by Crippen LogP contribution is 2.16. The first-order valence-corrected chi connectivity index (χ1v) is 9.41. The Bertz CT molecular complexity index is 319. The lowest BCUT2D eigenvalue weighted by Crippen LogP contribution is -2.35. The Morgan fingerprint density at radius 2 is 1.59 bits per heavy atom. The molecular formula is C20H38N2. The van der Waals surface area contributed by atoms with Crippen LogP contribution in [0.2, 0.25) is 0 Å². The van der Waals surface area contributed by atoms with Gasteiger partial charge in [-0.25, -0.2) is 0 Å². The summed E-state index contributed by atoms with van der Waals surface area (Å²) in [6.45, 7) is 9.77. The van der Waals surface area contributed by atoms with Crippen molar-refractivity contribution in [2.75, 3.05) is 19.6 Å². The van der Waals surface area contributed by atoms with E-state index in [2.05, 4.69) is 43.6 Å². The third kappa shape index (κ3) is 11.0. The van der Waals surface area contributed by atoms with Gasteiger partial charge >= 0.3 is 0 Å². The third-order valence-electron chi connectivity index (χ3n) is 4.53. The zero-order chi connectivity index (χ0) is 16.0. The molecule has 2 N–H and O–H groups in total. The van der Waals surface area contributed by atoms with Crippen LogP contribution in [0.1, 0.15) is 78.6 Å². The van der Waals surface area contributed by atoms with Crippen LogP contribution in [0.5, 0.6) is 0 Å². The standard InChI is InChI=1S/C20H38N2/c1-18(2)10-9-11-19(3)14-15-21-16-17-22-20-12-7-5-4-6-8-13-20/h10,14,20-22H,4-9,11-13,15-17H2,1-3H3. The van der Waals surface area contributed by atoms with E-state index in [1.807, 2.05) is 0 Å². The Morgan fingerprint density at radius 3 is 2.27 bits per heavy atom. The molecule has 0 radical (unpaired) electrons. The zero-order valence-corrected chi connectivity index (χ0v) is 15.2. The van der Waals surface area contributed by atoms with Gasteiger partial charge in [-0.05, 0) is 46.5 Å². The minimum absolute atomic E-state index is 0.767. The van der Waals surface area contributed by atoms with E-state index in [4.69, 9.17) is 0 Å². The topological polar surface area (TPSA) is 24.1 Å². The molecule has 1 aliphatic carbocycles. The first-order valence-electron chi connectivity index (χ1n) is 9.41. The van der Waals surface area contributed by atoms with Gasteiger partial charge in [-0.15, -0.1) is 0 Å². The molecular weight excluding hydrogens is 268 g/mol. The minimum Gasteiger partial charge on any atom is -0.313 e. The average Bonchev–Trinajstić information content (AvgIpc) is 2.44. The SMILES string of the molecule is CC(C)=CCCC(C)=CCNCCNC1CCCCCCC1. The van der Waals surface area contributed by atoms with Crippen LogP contribution >= 0.6 is 0 Å². The van der Waals surface area contributed by atoms with E-state index in [1.165, 1.54) is 68.9 Å². The lowest BCUT2D eigenvalue weighted by Gasteiger charge is -2.21. The van der Waals surface area contributed by atoms with Crippen molar-refractivity contribution in [1.29, 1.82) is 0 Å². The van der Waals surface area contributed by atoms with Gasteiger partial charge in [-0.2, -0.15) is 0 Å². The fourth-order valence-electron chi connectivity index (χ4n) is 3.06. The molecule has 2 heteroatoms. The van der Waals surface area contributed by atoms with Gasteiger partial charge in [0.1, 0.15) is 0 Å². The monoisotopic (exact) mass is 306 g/mol. The number of nitrogens with one attached hydrogen (secondary N) is 2. The molecule has 0 saturated heterocycles. The normalized spacial score (nSPS) is 17.9. The summed E-state index contributed by atoms with van der Waals surface area (Å²) in [5.41, 5.74) is 2.92. The predicted octanol–water partition coefficient (Wildman–Crippen LogP) is 4.97. The van der Waals surface area contributed by atoms with Crippen LogP contribution in [0.4, 0.5) is 0 Å². The lowest BCUT2D eigenvalue weighted by atomic mass is 9.97. The average molecular weight is 307 g/mol. The Balaban J connectivity index is 2.00. The van der Waals surface area contributed by atoms with Crippen LogP contribution in [-0.2, 0) is 0 Å². The van der Waals surface area contributed by atoms with Crippen LogP contribution in [0.15, 0.2) is 23.3 Å². The lowest BCUT2D eigenvalue weighted by molar-refractivity contribution is 0.390. The summed E-state index contributed by atoms with van der Waals surface area (Å²) in [6.07, 6.45) is 16.9. The summed E-state index contributed by atoms with van der Waals surface area (Å²) in [5.74, 6) is 0. The molecule has 0 aliphatic heterocycles. The molecule has 1 rings (SSSR count). The van der Waals surface area contributed by atoms with Gasteiger partial charge in [0.05, 0.1) is 0 Å². The van der Waals surface area contributed by atoms with Gasteiger partial charge < -0.3 is 10.6 Å². The molecule has 2 nitrogen and oxygen atoms in total. The molecule has 1 saturated carbocycles. The van der Waals surface area contributed by atoms with Gasteiger partial charge in [0.25, 0.3) is 0 Å². The second kappa shape index (κ2) is 12.9. The molecule has 0 aromatic rings. The van der Waals surface area contributed by atoms with Crippen molar-refractivity contribution in [1.82, 2.24) is 10.6 Å². The van der Waals surface area contributed by atoms with Crippen LogP contribution in [0.3, 0.4) is 0 Å². The van der Waals surface area contributed by atoms with E-state index in [-0.39, 0.29) is 0 Å². The van der Waals surface area contributed by atoms with Crippen molar-refractivity contribution in [3.8, 4) is 0 Å². The molecule has 0 amide bonds. The second-order valence-corrected chi connectivity index (χ2v) is 7.07. The van der Waals surface area contributed by atoms with Crippen molar-refractivity contribution < 1.29 is 0 Å². The van der Waals surface area contributed by atoms with Gasteiger partial charge in [0, 0.05) is 25.7 Å². The summed E-state index contributed by atoms with van der Waals surface area (Å²) in [7, 11) is 0. The fourth-order valence-corrected chi connectivity index (χ4v) is 3.06. The van der Waals surface area contributed by atoms with E-state index in [0.717, 1.165) is 25.7 Å². The van der Waals surface area contributed by atoms with Crippen molar-refractivity contribution in [3.63, 3.8) is 0 Å². The van der Waals surface area contributed by atoms with Crippen LogP contribution in [0.25, 0.3) is 0 Å². The van der Waals surface area contributed by atoms with Gasteiger partial charge in [0.15, 0.2) is 0 Å². The third-order valence-corrected chi connectivity index (χ3v) is 4.53. The summed E-state index contributed by atoms with van der Waals surface area (Å²) in [5, 5.41) is 7.26. The van der Waals surface area contributed by atoms with Gasteiger partial charge in [-0.1, -0.05) is 55.4 Å². The molecule has 0 heterocycles. The minimum atomic E-state index is 0.767. The molecule has 1 fully saturated rings. The van der Waals surface area contributed by atoms with Crippen molar-refractivity contribution in [2.45, 2.75) is 84.6 Å². The molecule has 0 aromatic carbocycles. The van der Waals surface area contributed by atoms with Crippen LogP contribution < -0.4 is 10.6 Å². The second-order valence-electron chi connectivity index (χ2n) is 7.07. The Hall–Kier alpha value is -0.600. The maximum absolute atomic E-state index is 3.73. The van der Waals surface area contributed by atoms with Crippen molar-refractivity contribution >= 4 is 0 Å². The first-order chi connectivity index (χ1) is 10.7. The maximum Gasteiger partial charge on any atom is 0.0137 e. The van der Waals surface area contributed by atoms with Crippen LogP contribution in [0, 0.1) is 0 Å². The molecule has 0 atom stereocenters. The molecule has 22 heavy (non-hydrogen) atoms. The first kappa shape index (κ1) is 19.4. The summed E-state index contributed by atoms with van der Waals surface area (Å²) < 4.78 is 0. The molecule has 0 bridgehead atoms. The Morgan fingerprint density at radius 1 is 0.909 bits per heavy atom. The zero-order valence-electron chi connectivity index (χ0n) is 15.2.